The number of benzene rings is 2. The van der Waals surface area contributed by atoms with Crippen LogP contribution in [-0.4, -0.2) is 30.7 Å². The quantitative estimate of drug-likeness (QED) is 0.328. The molecule has 0 spiro atoms. The zero-order valence-electron chi connectivity index (χ0n) is 21.9. The fourth-order valence-corrected chi connectivity index (χ4v) is 6.32. The van der Waals surface area contributed by atoms with E-state index in [-0.39, 0.29) is 26.5 Å². The molecule has 0 amide bonds. The summed E-state index contributed by atoms with van der Waals surface area (Å²) < 4.78 is 34.6. The summed E-state index contributed by atoms with van der Waals surface area (Å²) in [6.07, 6.45) is 0.496. The molecule has 0 saturated heterocycles. The molecule has 0 saturated carbocycles. The molecule has 1 aromatic heterocycles. The van der Waals surface area contributed by atoms with Gasteiger partial charge in [0, 0.05) is 22.8 Å². The van der Waals surface area contributed by atoms with Crippen molar-refractivity contribution in [2.75, 3.05) is 6.61 Å². The van der Waals surface area contributed by atoms with Crippen LogP contribution in [0, 0.1) is 27.7 Å². The molecule has 0 radical (unpaired) electrons. The van der Waals surface area contributed by atoms with Crippen molar-refractivity contribution in [1.82, 2.24) is 4.57 Å². The van der Waals surface area contributed by atoms with E-state index < -0.39 is 15.8 Å². The Morgan fingerprint density at radius 2 is 1.58 bits per heavy atom. The zero-order valence-corrected chi connectivity index (χ0v) is 23.5. The van der Waals surface area contributed by atoms with Gasteiger partial charge in [-0.2, -0.15) is 0 Å². The van der Waals surface area contributed by atoms with E-state index in [1.165, 1.54) is 0 Å². The highest BCUT2D eigenvalue weighted by Gasteiger charge is 2.31. The van der Waals surface area contributed by atoms with Crippen molar-refractivity contribution in [3.8, 4) is 5.75 Å². The van der Waals surface area contributed by atoms with E-state index in [2.05, 4.69) is 20.8 Å². The second-order valence-corrected chi connectivity index (χ2v) is 12.5. The number of rotatable bonds is 8. The van der Waals surface area contributed by atoms with Crippen LogP contribution >= 0.6 is 11.6 Å². The van der Waals surface area contributed by atoms with Gasteiger partial charge in [-0.15, -0.1) is 0 Å². The average Bonchev–Trinajstić information content (AvgIpc) is 3.04. The first-order valence-corrected chi connectivity index (χ1v) is 13.7. The molecule has 0 unspecified atom stereocenters. The highest BCUT2D eigenvalue weighted by Crippen LogP contribution is 2.33. The van der Waals surface area contributed by atoms with Crippen LogP contribution in [0.3, 0.4) is 0 Å². The van der Waals surface area contributed by atoms with Crippen LogP contribution in [0.5, 0.6) is 5.75 Å². The van der Waals surface area contributed by atoms with E-state index >= 15 is 0 Å². The molecule has 0 bridgehead atoms. The Bertz CT molecular complexity index is 1370. The number of carboxylic acids is 1. The van der Waals surface area contributed by atoms with Crippen molar-refractivity contribution in [2.24, 2.45) is 0 Å². The van der Waals surface area contributed by atoms with Crippen LogP contribution in [0.2, 0.25) is 5.02 Å². The number of carboxylic acid groups (broad SMARTS) is 1. The van der Waals surface area contributed by atoms with E-state index in [1.54, 1.807) is 30.5 Å². The molecule has 0 atom stereocenters. The molecule has 3 aromatic rings. The zero-order chi connectivity index (χ0) is 27.0. The van der Waals surface area contributed by atoms with E-state index in [4.69, 9.17) is 16.3 Å². The molecule has 0 aliphatic heterocycles. The van der Waals surface area contributed by atoms with Crippen molar-refractivity contribution < 1.29 is 23.1 Å². The number of carbonyl (C=O) groups is 1. The minimum absolute atomic E-state index is 0.0180. The highest BCUT2D eigenvalue weighted by molar-refractivity contribution is 7.91. The number of aromatic nitrogens is 1. The number of aromatic carboxylic acids is 1. The van der Waals surface area contributed by atoms with Gasteiger partial charge in [0.2, 0.25) is 9.84 Å². The number of aryl methyl sites for hydroxylation is 2. The van der Waals surface area contributed by atoms with Gasteiger partial charge in [0.15, 0.2) is 0 Å². The Kier molecular flexibility index (Phi) is 7.96. The lowest BCUT2D eigenvalue weighted by Gasteiger charge is -2.19. The lowest BCUT2D eigenvalue weighted by atomic mass is 9.87. The normalized spacial score (nSPS) is 12.1. The summed E-state index contributed by atoms with van der Waals surface area (Å²) in [7, 11) is -3.91. The lowest BCUT2D eigenvalue weighted by Crippen LogP contribution is -2.13. The molecular formula is C28H34ClNO5S. The van der Waals surface area contributed by atoms with Gasteiger partial charge < -0.3 is 14.4 Å². The van der Waals surface area contributed by atoms with Crippen LogP contribution in [0.25, 0.3) is 0 Å². The molecule has 1 heterocycles. The first kappa shape index (κ1) is 27.8. The van der Waals surface area contributed by atoms with E-state index in [0.29, 0.717) is 36.0 Å². The number of ether oxygens (including phenoxy) is 1. The van der Waals surface area contributed by atoms with E-state index in [9.17, 15) is 18.3 Å². The van der Waals surface area contributed by atoms with Gasteiger partial charge in [-0.3, -0.25) is 0 Å². The number of hydrogen-bond donors (Lipinski definition) is 1. The van der Waals surface area contributed by atoms with Gasteiger partial charge in [-0.05, 0) is 80.5 Å². The van der Waals surface area contributed by atoms with Crippen molar-refractivity contribution in [3.63, 3.8) is 0 Å². The van der Waals surface area contributed by atoms with Gasteiger partial charge in [0.05, 0.1) is 16.4 Å². The van der Waals surface area contributed by atoms with E-state index in [1.807, 2.05) is 38.1 Å². The highest BCUT2D eigenvalue weighted by atomic mass is 35.5. The Morgan fingerprint density at radius 3 is 2.08 bits per heavy atom. The Labute approximate surface area is 218 Å². The molecule has 0 aliphatic rings. The van der Waals surface area contributed by atoms with Gasteiger partial charge in [0.25, 0.3) is 0 Å². The number of sulfone groups is 1. The lowest BCUT2D eigenvalue weighted by molar-refractivity contribution is 0.0683. The monoisotopic (exact) mass is 531 g/mol. The van der Waals surface area contributed by atoms with Crippen molar-refractivity contribution >= 4 is 27.4 Å². The van der Waals surface area contributed by atoms with Gasteiger partial charge in [-0.25, -0.2) is 13.2 Å². The van der Waals surface area contributed by atoms with Crippen LogP contribution in [0.15, 0.2) is 46.2 Å². The fourth-order valence-electron chi connectivity index (χ4n) is 4.48. The first-order valence-electron chi connectivity index (χ1n) is 11.8. The first-order chi connectivity index (χ1) is 16.7. The Hall–Kier alpha value is -2.77. The van der Waals surface area contributed by atoms with Crippen molar-refractivity contribution in [3.05, 3.63) is 75.1 Å². The summed E-state index contributed by atoms with van der Waals surface area (Å²) in [5, 5.41) is 10.6. The summed E-state index contributed by atoms with van der Waals surface area (Å²) >= 11 is 6.22. The minimum atomic E-state index is -3.91. The predicted molar refractivity (Wildman–Crippen MR) is 142 cm³/mol. The summed E-state index contributed by atoms with van der Waals surface area (Å²) in [5.41, 5.74) is 3.37. The second-order valence-electron chi connectivity index (χ2n) is 10.2. The largest absolute Gasteiger partial charge is 0.494 e. The van der Waals surface area contributed by atoms with Crippen LogP contribution in [0.1, 0.15) is 65.6 Å². The Morgan fingerprint density at radius 1 is 1.03 bits per heavy atom. The van der Waals surface area contributed by atoms with Gasteiger partial charge >= 0.3 is 5.97 Å². The number of nitrogens with zero attached hydrogens (tertiary/aromatic N) is 1. The third kappa shape index (κ3) is 5.47. The summed E-state index contributed by atoms with van der Waals surface area (Å²) in [5.74, 6) is -0.472. The summed E-state index contributed by atoms with van der Waals surface area (Å²) in [6, 6.07) is 10.5. The van der Waals surface area contributed by atoms with Gasteiger partial charge in [-0.1, -0.05) is 44.5 Å². The molecule has 3 rings (SSSR count). The molecular weight excluding hydrogens is 498 g/mol. The smallest absolute Gasteiger partial charge is 0.352 e. The predicted octanol–water partition coefficient (Wildman–Crippen LogP) is 6.67. The maximum Gasteiger partial charge on any atom is 0.352 e. The number of hydrogen-bond acceptors (Lipinski definition) is 4. The molecule has 8 heteroatoms. The third-order valence-electron chi connectivity index (χ3n) is 6.41. The maximum absolute atomic E-state index is 13.6. The average molecular weight is 532 g/mol. The third-order valence-corrected chi connectivity index (χ3v) is 9.03. The SMILES string of the molecule is Cc1cc(OCCCn2c(C)c(S(=O)(=O)c3ccc(C(C)(C)C)cc3)c(C)c2C(=O)O)cc(C)c1Cl. The van der Waals surface area contributed by atoms with E-state index in [0.717, 1.165) is 16.7 Å². The standard InChI is InChI=1S/C28H34ClNO5S/c1-17-15-22(16-18(2)24(17)29)35-14-8-13-30-20(4)26(19(3)25(30)27(31)32)36(33,34)23-11-9-21(10-12-23)28(5,6)7/h9-12,15-16H,8,13-14H2,1-7H3,(H,31,32). The molecule has 2 aromatic carbocycles. The topological polar surface area (TPSA) is 85.6 Å². The number of halogens is 1. The minimum Gasteiger partial charge on any atom is -0.494 e. The maximum atomic E-state index is 13.6. The van der Waals surface area contributed by atoms with Crippen molar-refractivity contribution in [1.29, 1.82) is 0 Å². The Balaban J connectivity index is 1.88. The van der Waals surface area contributed by atoms with Crippen LogP contribution in [0.4, 0.5) is 0 Å². The molecule has 36 heavy (non-hydrogen) atoms. The molecule has 0 aliphatic carbocycles. The van der Waals surface area contributed by atoms with Crippen molar-refractivity contribution in [2.45, 2.75) is 76.6 Å². The molecule has 194 valence electrons. The fraction of sp³-hybridized carbons (Fsp3) is 0.393. The molecule has 0 fully saturated rings. The second kappa shape index (κ2) is 10.3. The molecule has 6 nitrogen and oxygen atoms in total. The van der Waals surface area contributed by atoms with Crippen LogP contribution < -0.4 is 4.74 Å². The molecule has 1 N–H and O–H groups in total. The summed E-state index contributed by atoms with van der Waals surface area (Å²) in [4.78, 5) is 12.3. The van der Waals surface area contributed by atoms with Gasteiger partial charge in [0.1, 0.15) is 11.4 Å². The van der Waals surface area contributed by atoms with Crippen LogP contribution in [-0.2, 0) is 21.8 Å². The summed E-state index contributed by atoms with van der Waals surface area (Å²) in [6.45, 7) is 13.8.